The van der Waals surface area contributed by atoms with Gasteiger partial charge in [0.1, 0.15) is 0 Å². The molecule has 0 aromatic heterocycles. The zero-order valence-electron chi connectivity index (χ0n) is 13.6. The van der Waals surface area contributed by atoms with Crippen molar-refractivity contribution in [2.75, 3.05) is 13.1 Å². The molecule has 0 bridgehead atoms. The second kappa shape index (κ2) is 6.79. The van der Waals surface area contributed by atoms with E-state index >= 15 is 0 Å². The van der Waals surface area contributed by atoms with Crippen LogP contribution in [-0.4, -0.2) is 36.1 Å². The smallest absolute Gasteiger partial charge is 0.0252 e. The maximum absolute atomic E-state index is 3.95. The van der Waals surface area contributed by atoms with Crippen LogP contribution < -0.4 is 5.32 Å². The molecule has 3 rings (SSSR count). The molecule has 0 spiro atoms. The molecule has 2 atom stereocenters. The summed E-state index contributed by atoms with van der Waals surface area (Å²) in [5.74, 6) is 1.97. The van der Waals surface area contributed by atoms with Crippen molar-refractivity contribution in [3.8, 4) is 0 Å². The summed E-state index contributed by atoms with van der Waals surface area (Å²) in [5.41, 5.74) is 0. The Balaban J connectivity index is 1.65. The minimum Gasteiger partial charge on any atom is -0.311 e. The lowest BCUT2D eigenvalue weighted by molar-refractivity contribution is 0.0441. The van der Waals surface area contributed by atoms with Gasteiger partial charge in [0.15, 0.2) is 0 Å². The fraction of sp³-hybridized carbons (Fsp3) is 1.00. The SMILES string of the molecule is CCC(CC)N1CC(C2CCCCC2)NCC1C1CC1. The van der Waals surface area contributed by atoms with Crippen LogP contribution in [0.3, 0.4) is 0 Å². The van der Waals surface area contributed by atoms with E-state index in [1.54, 1.807) is 0 Å². The van der Waals surface area contributed by atoms with Gasteiger partial charge in [-0.05, 0) is 50.4 Å². The monoisotopic (exact) mass is 278 g/mol. The Labute approximate surface area is 125 Å². The number of rotatable bonds is 5. The molecule has 3 aliphatic rings. The largest absolute Gasteiger partial charge is 0.311 e. The first-order valence-corrected chi connectivity index (χ1v) is 9.32. The summed E-state index contributed by atoms with van der Waals surface area (Å²) in [5, 5.41) is 3.95. The minimum absolute atomic E-state index is 0.783. The molecule has 2 saturated carbocycles. The lowest BCUT2D eigenvalue weighted by Gasteiger charge is -2.47. The third-order valence-electron chi connectivity index (χ3n) is 6.22. The summed E-state index contributed by atoms with van der Waals surface area (Å²) < 4.78 is 0. The predicted molar refractivity (Wildman–Crippen MR) is 86.0 cm³/mol. The Hall–Kier alpha value is -0.0800. The van der Waals surface area contributed by atoms with Crippen molar-refractivity contribution in [1.29, 1.82) is 0 Å². The van der Waals surface area contributed by atoms with Crippen LogP contribution in [0.4, 0.5) is 0 Å². The molecule has 2 unspecified atom stereocenters. The van der Waals surface area contributed by atoms with Crippen molar-refractivity contribution in [1.82, 2.24) is 10.2 Å². The van der Waals surface area contributed by atoms with Crippen LogP contribution in [0.25, 0.3) is 0 Å². The first-order chi connectivity index (χ1) is 9.83. The second-order valence-corrected chi connectivity index (χ2v) is 7.48. The third-order valence-corrected chi connectivity index (χ3v) is 6.22. The highest BCUT2D eigenvalue weighted by molar-refractivity contribution is 4.98. The van der Waals surface area contributed by atoms with E-state index in [2.05, 4.69) is 24.1 Å². The van der Waals surface area contributed by atoms with Crippen LogP contribution in [-0.2, 0) is 0 Å². The molecule has 0 radical (unpaired) electrons. The highest BCUT2D eigenvalue weighted by atomic mass is 15.3. The second-order valence-electron chi connectivity index (χ2n) is 7.48. The zero-order valence-corrected chi connectivity index (χ0v) is 13.6. The molecule has 1 saturated heterocycles. The standard InChI is InChI=1S/C18H34N2/c1-3-16(4-2)20-13-17(14-8-6-5-7-9-14)19-12-18(20)15-10-11-15/h14-19H,3-13H2,1-2H3. The van der Waals surface area contributed by atoms with Crippen LogP contribution in [0.2, 0.25) is 0 Å². The van der Waals surface area contributed by atoms with Gasteiger partial charge in [0.2, 0.25) is 0 Å². The Morgan fingerprint density at radius 3 is 2.25 bits per heavy atom. The molecule has 1 N–H and O–H groups in total. The van der Waals surface area contributed by atoms with Crippen LogP contribution in [0.1, 0.15) is 71.6 Å². The fourth-order valence-corrected chi connectivity index (χ4v) is 4.76. The molecule has 20 heavy (non-hydrogen) atoms. The van der Waals surface area contributed by atoms with Gasteiger partial charge in [0.25, 0.3) is 0 Å². The zero-order chi connectivity index (χ0) is 13.9. The number of hydrogen-bond donors (Lipinski definition) is 1. The van der Waals surface area contributed by atoms with E-state index in [-0.39, 0.29) is 0 Å². The van der Waals surface area contributed by atoms with Gasteiger partial charge in [-0.15, -0.1) is 0 Å². The first-order valence-electron chi connectivity index (χ1n) is 9.32. The average molecular weight is 278 g/mol. The highest BCUT2D eigenvalue weighted by Crippen LogP contribution is 2.39. The Kier molecular flexibility index (Phi) is 5.04. The van der Waals surface area contributed by atoms with Crippen molar-refractivity contribution in [3.63, 3.8) is 0 Å². The van der Waals surface area contributed by atoms with E-state index in [1.807, 2.05) is 0 Å². The van der Waals surface area contributed by atoms with Crippen molar-refractivity contribution in [2.45, 2.75) is 89.8 Å². The molecule has 1 aliphatic heterocycles. The lowest BCUT2D eigenvalue weighted by atomic mass is 9.82. The van der Waals surface area contributed by atoms with Crippen molar-refractivity contribution in [2.24, 2.45) is 11.8 Å². The molecule has 2 aliphatic carbocycles. The van der Waals surface area contributed by atoms with Gasteiger partial charge < -0.3 is 5.32 Å². The van der Waals surface area contributed by atoms with Crippen LogP contribution in [0.5, 0.6) is 0 Å². The lowest BCUT2D eigenvalue weighted by Crippen LogP contribution is -2.62. The number of piperazine rings is 1. The van der Waals surface area contributed by atoms with Crippen molar-refractivity contribution < 1.29 is 0 Å². The third kappa shape index (κ3) is 3.22. The van der Waals surface area contributed by atoms with Crippen molar-refractivity contribution >= 4 is 0 Å². The van der Waals surface area contributed by atoms with Crippen LogP contribution in [0.15, 0.2) is 0 Å². The highest BCUT2D eigenvalue weighted by Gasteiger charge is 2.42. The Bertz CT molecular complexity index is 290. The summed E-state index contributed by atoms with van der Waals surface area (Å²) >= 11 is 0. The van der Waals surface area contributed by atoms with E-state index in [1.165, 1.54) is 70.9 Å². The number of hydrogen-bond acceptors (Lipinski definition) is 2. The summed E-state index contributed by atoms with van der Waals surface area (Å²) in [6.07, 6.45) is 13.0. The molecule has 0 aromatic carbocycles. The van der Waals surface area contributed by atoms with E-state index in [0.717, 1.165) is 30.0 Å². The topological polar surface area (TPSA) is 15.3 Å². The fourth-order valence-electron chi connectivity index (χ4n) is 4.76. The quantitative estimate of drug-likeness (QED) is 0.822. The molecule has 0 aromatic rings. The number of nitrogens with one attached hydrogen (secondary N) is 1. The summed E-state index contributed by atoms with van der Waals surface area (Å²) in [6, 6.07) is 2.46. The van der Waals surface area contributed by atoms with E-state index < -0.39 is 0 Å². The van der Waals surface area contributed by atoms with Gasteiger partial charge >= 0.3 is 0 Å². The van der Waals surface area contributed by atoms with Gasteiger partial charge in [-0.3, -0.25) is 4.90 Å². The molecule has 0 amide bonds. The van der Waals surface area contributed by atoms with E-state index in [0.29, 0.717) is 0 Å². The summed E-state index contributed by atoms with van der Waals surface area (Å²) in [4.78, 5) is 2.92. The van der Waals surface area contributed by atoms with Gasteiger partial charge in [-0.1, -0.05) is 33.1 Å². The van der Waals surface area contributed by atoms with Crippen molar-refractivity contribution in [3.05, 3.63) is 0 Å². The molecule has 2 heteroatoms. The molecular formula is C18H34N2. The van der Waals surface area contributed by atoms with E-state index in [9.17, 15) is 0 Å². The molecule has 2 nitrogen and oxygen atoms in total. The molecule has 3 fully saturated rings. The maximum Gasteiger partial charge on any atom is 0.0252 e. The molecular weight excluding hydrogens is 244 g/mol. The summed E-state index contributed by atoms with van der Waals surface area (Å²) in [7, 11) is 0. The van der Waals surface area contributed by atoms with Gasteiger partial charge in [-0.2, -0.15) is 0 Å². The van der Waals surface area contributed by atoms with Crippen LogP contribution in [0, 0.1) is 11.8 Å². The first kappa shape index (κ1) is 14.8. The normalized spacial score (nSPS) is 33.8. The average Bonchev–Trinajstić information content (AvgIpc) is 3.34. The van der Waals surface area contributed by atoms with Gasteiger partial charge in [-0.25, -0.2) is 0 Å². The van der Waals surface area contributed by atoms with E-state index in [4.69, 9.17) is 0 Å². The van der Waals surface area contributed by atoms with Gasteiger partial charge in [0, 0.05) is 31.2 Å². The Morgan fingerprint density at radius 2 is 1.65 bits per heavy atom. The van der Waals surface area contributed by atoms with Gasteiger partial charge in [0.05, 0.1) is 0 Å². The molecule has 1 heterocycles. The minimum atomic E-state index is 0.783. The Morgan fingerprint density at radius 1 is 0.950 bits per heavy atom. The van der Waals surface area contributed by atoms with Crippen LogP contribution >= 0.6 is 0 Å². The summed E-state index contributed by atoms with van der Waals surface area (Å²) in [6.45, 7) is 7.37. The predicted octanol–water partition coefficient (Wildman–Crippen LogP) is 3.81. The maximum atomic E-state index is 3.95. The molecule has 116 valence electrons. The number of nitrogens with zero attached hydrogens (tertiary/aromatic N) is 1.